The average molecular weight is 395 g/mol. The molecule has 29 heavy (non-hydrogen) atoms. The Kier molecular flexibility index (Phi) is 9.42. The van der Waals surface area contributed by atoms with Crippen molar-refractivity contribution in [3.05, 3.63) is 71.8 Å². The molecule has 0 heterocycles. The van der Waals surface area contributed by atoms with Gasteiger partial charge >= 0.3 is 0 Å². The normalized spacial score (nSPS) is 12.8. The van der Waals surface area contributed by atoms with E-state index in [4.69, 9.17) is 0 Å². The van der Waals surface area contributed by atoms with E-state index in [1.54, 1.807) is 4.90 Å². The maximum absolute atomic E-state index is 13.1. The van der Waals surface area contributed by atoms with E-state index in [-0.39, 0.29) is 17.9 Å². The summed E-state index contributed by atoms with van der Waals surface area (Å²) in [7, 11) is 0. The van der Waals surface area contributed by atoms with E-state index in [1.165, 1.54) is 5.56 Å². The molecule has 1 N–H and O–H groups in total. The molecule has 0 radical (unpaired) electrons. The minimum Gasteiger partial charge on any atom is -0.352 e. The van der Waals surface area contributed by atoms with Crippen LogP contribution < -0.4 is 5.32 Å². The second kappa shape index (κ2) is 12.1. The molecular formula is C25H34N2O2. The van der Waals surface area contributed by atoms with Crippen LogP contribution in [0.4, 0.5) is 0 Å². The van der Waals surface area contributed by atoms with Crippen molar-refractivity contribution < 1.29 is 9.59 Å². The standard InChI is InChI=1S/C25H34N2O2/c1-4-20(3)26-25(29)23(5-2)27(19-18-22-14-10-7-11-15-22)24(28)17-16-21-12-8-6-9-13-21/h6-15,20,23H,4-5,16-19H2,1-3H3,(H,26,29)/t20-,23-/m1/s1. The highest BCUT2D eigenvalue weighted by Crippen LogP contribution is 2.13. The van der Waals surface area contributed by atoms with Gasteiger partial charge in [0.1, 0.15) is 6.04 Å². The Morgan fingerprint density at radius 3 is 1.93 bits per heavy atom. The summed E-state index contributed by atoms with van der Waals surface area (Å²) in [6.07, 6.45) is 3.31. The van der Waals surface area contributed by atoms with E-state index in [1.807, 2.05) is 69.3 Å². The Morgan fingerprint density at radius 2 is 1.41 bits per heavy atom. The van der Waals surface area contributed by atoms with Crippen LogP contribution in [0.2, 0.25) is 0 Å². The van der Waals surface area contributed by atoms with Crippen LogP contribution in [0.15, 0.2) is 60.7 Å². The van der Waals surface area contributed by atoms with Crippen LogP contribution in [-0.2, 0) is 22.4 Å². The summed E-state index contributed by atoms with van der Waals surface area (Å²) in [4.78, 5) is 27.8. The fraction of sp³-hybridized carbons (Fsp3) is 0.440. The number of hydrogen-bond donors (Lipinski definition) is 1. The molecule has 0 aliphatic heterocycles. The fourth-order valence-corrected chi connectivity index (χ4v) is 3.38. The van der Waals surface area contributed by atoms with Crippen LogP contribution in [0.1, 0.15) is 51.2 Å². The molecule has 2 aromatic carbocycles. The first-order valence-corrected chi connectivity index (χ1v) is 10.7. The van der Waals surface area contributed by atoms with Gasteiger partial charge in [0.25, 0.3) is 0 Å². The lowest BCUT2D eigenvalue weighted by molar-refractivity contribution is -0.141. The second-order valence-corrected chi connectivity index (χ2v) is 7.55. The third kappa shape index (κ3) is 7.37. The number of nitrogens with one attached hydrogen (secondary N) is 1. The molecule has 0 aliphatic carbocycles. The Bertz CT molecular complexity index is 746. The number of carbonyl (C=O) groups excluding carboxylic acids is 2. The topological polar surface area (TPSA) is 49.4 Å². The van der Waals surface area contributed by atoms with Crippen LogP contribution in [0.5, 0.6) is 0 Å². The van der Waals surface area contributed by atoms with Crippen molar-refractivity contribution >= 4 is 11.8 Å². The quantitative estimate of drug-likeness (QED) is 0.615. The molecule has 0 aliphatic rings. The van der Waals surface area contributed by atoms with Gasteiger partial charge in [0.2, 0.25) is 11.8 Å². The smallest absolute Gasteiger partial charge is 0.243 e. The Balaban J connectivity index is 2.11. The van der Waals surface area contributed by atoms with Gasteiger partial charge in [0.05, 0.1) is 0 Å². The van der Waals surface area contributed by atoms with Crippen LogP contribution in [0.25, 0.3) is 0 Å². The molecule has 0 fully saturated rings. The summed E-state index contributed by atoms with van der Waals surface area (Å²) in [6.45, 7) is 6.56. The molecule has 0 aromatic heterocycles. The summed E-state index contributed by atoms with van der Waals surface area (Å²) < 4.78 is 0. The molecule has 4 nitrogen and oxygen atoms in total. The number of benzene rings is 2. The van der Waals surface area contributed by atoms with Crippen molar-refractivity contribution in [3.63, 3.8) is 0 Å². The van der Waals surface area contributed by atoms with Gasteiger partial charge in [-0.15, -0.1) is 0 Å². The highest BCUT2D eigenvalue weighted by Gasteiger charge is 2.28. The zero-order valence-electron chi connectivity index (χ0n) is 17.9. The molecule has 0 bridgehead atoms. The van der Waals surface area contributed by atoms with Crippen molar-refractivity contribution in [1.82, 2.24) is 10.2 Å². The summed E-state index contributed by atoms with van der Waals surface area (Å²) in [5, 5.41) is 3.06. The van der Waals surface area contributed by atoms with Crippen molar-refractivity contribution in [2.75, 3.05) is 6.54 Å². The summed E-state index contributed by atoms with van der Waals surface area (Å²) >= 11 is 0. The van der Waals surface area contributed by atoms with E-state index < -0.39 is 6.04 Å². The molecule has 2 aromatic rings. The lowest BCUT2D eigenvalue weighted by Crippen LogP contribution is -2.51. The van der Waals surface area contributed by atoms with Crippen LogP contribution in [-0.4, -0.2) is 35.3 Å². The SMILES string of the molecule is CC[C@@H](C)NC(=O)[C@@H](CC)N(CCc1ccccc1)C(=O)CCc1ccccc1. The highest BCUT2D eigenvalue weighted by atomic mass is 16.2. The van der Waals surface area contributed by atoms with Gasteiger partial charge in [0, 0.05) is 19.0 Å². The zero-order valence-corrected chi connectivity index (χ0v) is 17.9. The molecule has 0 spiro atoms. The van der Waals surface area contributed by atoms with Crippen LogP contribution in [0, 0.1) is 0 Å². The molecule has 0 saturated carbocycles. The van der Waals surface area contributed by atoms with Gasteiger partial charge in [0.15, 0.2) is 0 Å². The van der Waals surface area contributed by atoms with Crippen molar-refractivity contribution in [2.24, 2.45) is 0 Å². The van der Waals surface area contributed by atoms with Gasteiger partial charge in [-0.25, -0.2) is 0 Å². The number of carbonyl (C=O) groups is 2. The number of nitrogens with zero attached hydrogens (tertiary/aromatic N) is 1. The molecule has 0 unspecified atom stereocenters. The minimum absolute atomic E-state index is 0.0379. The van der Waals surface area contributed by atoms with E-state index in [2.05, 4.69) is 17.4 Å². The number of aryl methyl sites for hydroxylation is 1. The van der Waals surface area contributed by atoms with E-state index >= 15 is 0 Å². The second-order valence-electron chi connectivity index (χ2n) is 7.55. The predicted molar refractivity (Wildman–Crippen MR) is 119 cm³/mol. The number of amides is 2. The predicted octanol–water partition coefficient (Wildman–Crippen LogP) is 4.38. The first-order valence-electron chi connectivity index (χ1n) is 10.7. The van der Waals surface area contributed by atoms with E-state index in [9.17, 15) is 9.59 Å². The summed E-state index contributed by atoms with van der Waals surface area (Å²) in [6, 6.07) is 19.8. The monoisotopic (exact) mass is 394 g/mol. The molecule has 0 saturated heterocycles. The number of rotatable bonds is 11. The molecule has 2 rings (SSSR count). The third-order valence-electron chi connectivity index (χ3n) is 5.34. The number of hydrogen-bond acceptors (Lipinski definition) is 2. The highest BCUT2D eigenvalue weighted by molar-refractivity contribution is 5.87. The Morgan fingerprint density at radius 1 is 0.862 bits per heavy atom. The molecule has 2 amide bonds. The van der Waals surface area contributed by atoms with Crippen LogP contribution in [0.3, 0.4) is 0 Å². The van der Waals surface area contributed by atoms with E-state index in [0.29, 0.717) is 25.8 Å². The molecular weight excluding hydrogens is 360 g/mol. The maximum Gasteiger partial charge on any atom is 0.243 e. The third-order valence-corrected chi connectivity index (χ3v) is 5.34. The van der Waals surface area contributed by atoms with Gasteiger partial charge in [-0.1, -0.05) is 74.5 Å². The van der Waals surface area contributed by atoms with Crippen molar-refractivity contribution in [2.45, 2.75) is 65.0 Å². The first kappa shape index (κ1) is 22.7. The first-order chi connectivity index (χ1) is 14.0. The Hall–Kier alpha value is -2.62. The fourth-order valence-electron chi connectivity index (χ4n) is 3.38. The van der Waals surface area contributed by atoms with E-state index in [0.717, 1.165) is 18.4 Å². The van der Waals surface area contributed by atoms with Crippen molar-refractivity contribution in [1.29, 1.82) is 0 Å². The lowest BCUT2D eigenvalue weighted by Gasteiger charge is -2.31. The molecule has 2 atom stereocenters. The van der Waals surface area contributed by atoms with Gasteiger partial charge in [-0.05, 0) is 43.7 Å². The zero-order chi connectivity index (χ0) is 21.1. The van der Waals surface area contributed by atoms with Gasteiger partial charge in [-0.3, -0.25) is 9.59 Å². The minimum atomic E-state index is -0.434. The largest absolute Gasteiger partial charge is 0.352 e. The summed E-state index contributed by atoms with van der Waals surface area (Å²) in [5.74, 6) is -0.0149. The lowest BCUT2D eigenvalue weighted by atomic mass is 10.1. The van der Waals surface area contributed by atoms with Gasteiger partial charge in [-0.2, -0.15) is 0 Å². The van der Waals surface area contributed by atoms with Crippen LogP contribution >= 0.6 is 0 Å². The van der Waals surface area contributed by atoms with Gasteiger partial charge < -0.3 is 10.2 Å². The Labute approximate surface area is 175 Å². The summed E-state index contributed by atoms with van der Waals surface area (Å²) in [5.41, 5.74) is 2.31. The average Bonchev–Trinajstić information content (AvgIpc) is 2.76. The maximum atomic E-state index is 13.1. The van der Waals surface area contributed by atoms with Crippen molar-refractivity contribution in [3.8, 4) is 0 Å². The molecule has 4 heteroatoms. The molecule has 156 valence electrons.